The minimum Gasteiger partial charge on any atom is -0.489 e. The van der Waals surface area contributed by atoms with Gasteiger partial charge in [0, 0.05) is 11.8 Å². The standard InChI is InChI=1S/C20H24N2O3/c1-4-12-24-17-9-7-8-16(13-17)21-14-20(23)22-18-10-5-6-11-19(18)25-15(2)3/h4-11,13,15,21H,1,12,14H2,2-3H3,(H,22,23). The van der Waals surface area contributed by atoms with Gasteiger partial charge < -0.3 is 20.1 Å². The topological polar surface area (TPSA) is 59.6 Å². The molecule has 0 atom stereocenters. The molecule has 0 aliphatic heterocycles. The second-order valence-corrected chi connectivity index (χ2v) is 5.69. The Hall–Kier alpha value is -2.95. The van der Waals surface area contributed by atoms with Gasteiger partial charge in [-0.05, 0) is 38.1 Å². The largest absolute Gasteiger partial charge is 0.489 e. The lowest BCUT2D eigenvalue weighted by molar-refractivity contribution is -0.114. The van der Waals surface area contributed by atoms with Gasteiger partial charge in [-0.2, -0.15) is 0 Å². The molecule has 0 fully saturated rings. The summed E-state index contributed by atoms with van der Waals surface area (Å²) in [6, 6.07) is 14.8. The lowest BCUT2D eigenvalue weighted by Crippen LogP contribution is -2.22. The number of ether oxygens (including phenoxy) is 2. The van der Waals surface area contributed by atoms with Crippen molar-refractivity contribution in [2.75, 3.05) is 23.8 Å². The Kier molecular flexibility index (Phi) is 6.89. The summed E-state index contributed by atoms with van der Waals surface area (Å²) in [4.78, 5) is 12.2. The molecule has 0 saturated carbocycles. The van der Waals surface area contributed by atoms with Gasteiger partial charge in [-0.15, -0.1) is 0 Å². The van der Waals surface area contributed by atoms with E-state index in [-0.39, 0.29) is 18.6 Å². The number of nitrogens with one attached hydrogen (secondary N) is 2. The van der Waals surface area contributed by atoms with E-state index in [0.29, 0.717) is 18.0 Å². The molecule has 0 heterocycles. The molecule has 0 aliphatic carbocycles. The van der Waals surface area contributed by atoms with Crippen LogP contribution in [-0.4, -0.2) is 25.2 Å². The molecule has 2 rings (SSSR count). The first-order valence-corrected chi connectivity index (χ1v) is 8.21. The van der Waals surface area contributed by atoms with Gasteiger partial charge >= 0.3 is 0 Å². The van der Waals surface area contributed by atoms with Crippen LogP contribution < -0.4 is 20.1 Å². The van der Waals surface area contributed by atoms with Gasteiger partial charge in [0.1, 0.15) is 18.1 Å². The third-order valence-electron chi connectivity index (χ3n) is 3.18. The molecule has 5 nitrogen and oxygen atoms in total. The summed E-state index contributed by atoms with van der Waals surface area (Å²) in [5.41, 5.74) is 1.47. The Morgan fingerprint density at radius 3 is 2.76 bits per heavy atom. The van der Waals surface area contributed by atoms with Crippen LogP contribution >= 0.6 is 0 Å². The Bertz CT molecular complexity index is 714. The minimum absolute atomic E-state index is 0.0366. The summed E-state index contributed by atoms with van der Waals surface area (Å²) in [5.74, 6) is 1.23. The maximum atomic E-state index is 12.2. The van der Waals surface area contributed by atoms with Crippen LogP contribution in [0.15, 0.2) is 61.2 Å². The molecule has 2 N–H and O–H groups in total. The monoisotopic (exact) mass is 340 g/mol. The average molecular weight is 340 g/mol. The molecule has 1 amide bonds. The minimum atomic E-state index is -0.155. The van der Waals surface area contributed by atoms with E-state index in [0.717, 1.165) is 11.4 Å². The van der Waals surface area contributed by atoms with Crippen molar-refractivity contribution in [2.45, 2.75) is 20.0 Å². The zero-order valence-corrected chi connectivity index (χ0v) is 14.6. The Labute approximate surface area is 148 Å². The second-order valence-electron chi connectivity index (χ2n) is 5.69. The predicted molar refractivity (Wildman–Crippen MR) is 101 cm³/mol. The number of amides is 1. The van der Waals surface area contributed by atoms with Gasteiger partial charge in [-0.25, -0.2) is 0 Å². The number of rotatable bonds is 9. The maximum absolute atomic E-state index is 12.2. The number of hydrogen-bond acceptors (Lipinski definition) is 4. The summed E-state index contributed by atoms with van der Waals surface area (Å²) in [7, 11) is 0. The van der Waals surface area contributed by atoms with Crippen molar-refractivity contribution < 1.29 is 14.3 Å². The van der Waals surface area contributed by atoms with Crippen LogP contribution in [-0.2, 0) is 4.79 Å². The third-order valence-corrected chi connectivity index (χ3v) is 3.18. The molecule has 0 spiro atoms. The van der Waals surface area contributed by atoms with E-state index in [1.54, 1.807) is 6.08 Å². The number of hydrogen-bond donors (Lipinski definition) is 2. The van der Waals surface area contributed by atoms with Crippen LogP contribution in [0.1, 0.15) is 13.8 Å². The fraction of sp³-hybridized carbons (Fsp3) is 0.250. The lowest BCUT2D eigenvalue weighted by atomic mass is 10.2. The van der Waals surface area contributed by atoms with Crippen LogP contribution in [0, 0.1) is 0 Å². The van der Waals surface area contributed by atoms with Crippen LogP contribution in [0.2, 0.25) is 0 Å². The van der Waals surface area contributed by atoms with E-state index in [9.17, 15) is 4.79 Å². The average Bonchev–Trinajstić information content (AvgIpc) is 2.60. The van der Waals surface area contributed by atoms with Gasteiger partial charge in [0.05, 0.1) is 18.3 Å². The predicted octanol–water partition coefficient (Wildman–Crippen LogP) is 4.09. The quantitative estimate of drug-likeness (QED) is 0.675. The highest BCUT2D eigenvalue weighted by atomic mass is 16.5. The zero-order chi connectivity index (χ0) is 18.1. The third kappa shape index (κ3) is 6.22. The normalized spacial score (nSPS) is 10.2. The highest BCUT2D eigenvalue weighted by Gasteiger charge is 2.09. The molecule has 132 valence electrons. The Morgan fingerprint density at radius 2 is 2.00 bits per heavy atom. The van der Waals surface area contributed by atoms with Gasteiger partial charge in [0.25, 0.3) is 0 Å². The van der Waals surface area contributed by atoms with Crippen molar-refractivity contribution in [3.05, 3.63) is 61.2 Å². The molecule has 0 radical (unpaired) electrons. The van der Waals surface area contributed by atoms with Crippen LogP contribution in [0.4, 0.5) is 11.4 Å². The van der Waals surface area contributed by atoms with Crippen molar-refractivity contribution >= 4 is 17.3 Å². The van der Waals surface area contributed by atoms with E-state index in [1.165, 1.54) is 0 Å². The fourth-order valence-corrected chi connectivity index (χ4v) is 2.15. The Balaban J connectivity index is 1.92. The molecule has 0 aromatic heterocycles. The van der Waals surface area contributed by atoms with Crippen LogP contribution in [0.25, 0.3) is 0 Å². The highest BCUT2D eigenvalue weighted by Crippen LogP contribution is 2.24. The van der Waals surface area contributed by atoms with E-state index in [1.807, 2.05) is 62.4 Å². The number of carbonyl (C=O) groups is 1. The van der Waals surface area contributed by atoms with E-state index in [4.69, 9.17) is 9.47 Å². The molecule has 2 aromatic carbocycles. The van der Waals surface area contributed by atoms with E-state index in [2.05, 4.69) is 17.2 Å². The molecule has 5 heteroatoms. The summed E-state index contributed by atoms with van der Waals surface area (Å²) < 4.78 is 11.2. The summed E-state index contributed by atoms with van der Waals surface area (Å²) in [5, 5.41) is 5.95. The summed E-state index contributed by atoms with van der Waals surface area (Å²) >= 11 is 0. The molecule has 0 bridgehead atoms. The first-order valence-electron chi connectivity index (χ1n) is 8.21. The molecular weight excluding hydrogens is 316 g/mol. The van der Waals surface area contributed by atoms with Crippen molar-refractivity contribution in [3.63, 3.8) is 0 Å². The lowest BCUT2D eigenvalue weighted by Gasteiger charge is -2.15. The smallest absolute Gasteiger partial charge is 0.243 e. The molecule has 25 heavy (non-hydrogen) atoms. The SMILES string of the molecule is C=CCOc1cccc(NCC(=O)Nc2ccccc2OC(C)C)c1. The van der Waals surface area contributed by atoms with Crippen molar-refractivity contribution in [1.29, 1.82) is 0 Å². The molecule has 0 unspecified atom stereocenters. The first-order chi connectivity index (χ1) is 12.1. The Morgan fingerprint density at radius 1 is 1.20 bits per heavy atom. The highest BCUT2D eigenvalue weighted by molar-refractivity contribution is 5.95. The number of para-hydroxylation sites is 2. The van der Waals surface area contributed by atoms with Gasteiger partial charge in [-0.3, -0.25) is 4.79 Å². The van der Waals surface area contributed by atoms with Crippen LogP contribution in [0.5, 0.6) is 11.5 Å². The number of anilines is 2. The zero-order valence-electron chi connectivity index (χ0n) is 14.6. The molecular formula is C20H24N2O3. The first kappa shape index (κ1) is 18.4. The molecule has 0 aliphatic rings. The van der Waals surface area contributed by atoms with E-state index >= 15 is 0 Å². The number of carbonyl (C=O) groups excluding carboxylic acids is 1. The summed E-state index contributed by atoms with van der Waals surface area (Å²) in [6.45, 7) is 8.09. The molecule has 0 saturated heterocycles. The molecule has 2 aromatic rings. The van der Waals surface area contributed by atoms with Gasteiger partial charge in [-0.1, -0.05) is 30.9 Å². The number of benzene rings is 2. The van der Waals surface area contributed by atoms with Crippen LogP contribution in [0.3, 0.4) is 0 Å². The summed E-state index contributed by atoms with van der Waals surface area (Å²) in [6.07, 6.45) is 1.72. The van der Waals surface area contributed by atoms with E-state index < -0.39 is 0 Å². The van der Waals surface area contributed by atoms with Gasteiger partial charge in [0.15, 0.2) is 0 Å². The van der Waals surface area contributed by atoms with Crippen molar-refractivity contribution in [3.8, 4) is 11.5 Å². The fourth-order valence-electron chi connectivity index (χ4n) is 2.15. The maximum Gasteiger partial charge on any atom is 0.243 e. The van der Waals surface area contributed by atoms with Crippen molar-refractivity contribution in [1.82, 2.24) is 0 Å². The second kappa shape index (κ2) is 9.37. The van der Waals surface area contributed by atoms with Gasteiger partial charge in [0.2, 0.25) is 5.91 Å². The van der Waals surface area contributed by atoms with Crippen molar-refractivity contribution in [2.24, 2.45) is 0 Å².